The van der Waals surface area contributed by atoms with Crippen LogP contribution in [-0.4, -0.2) is 24.7 Å². The molecule has 0 radical (unpaired) electrons. The average molecular weight is 572 g/mol. The summed E-state index contributed by atoms with van der Waals surface area (Å²) in [7, 11) is 1.45. The number of isocyanates is 1. The monoisotopic (exact) mass is 571 g/mol. The lowest BCUT2D eigenvalue weighted by Gasteiger charge is -2.73. The fraction of sp³-hybridized carbons (Fsp3) is 0.737. The van der Waals surface area contributed by atoms with E-state index in [0.717, 1.165) is 19.3 Å². The number of benzene rings is 1. The van der Waals surface area contributed by atoms with Gasteiger partial charge in [0.1, 0.15) is 0 Å². The van der Waals surface area contributed by atoms with Crippen molar-refractivity contribution in [3.05, 3.63) is 47.5 Å². The molecule has 0 aromatic heterocycles. The number of hydrogen-bond acceptors (Lipinski definition) is 4. The Bertz CT molecular complexity index is 1310. The number of fused-ring (bicyclic) bond motifs is 7. The Morgan fingerprint density at radius 1 is 0.881 bits per heavy atom. The molecule has 1 aromatic carbocycles. The van der Waals surface area contributed by atoms with E-state index in [-0.39, 0.29) is 27.8 Å². The van der Waals surface area contributed by atoms with Crippen LogP contribution in [0.25, 0.3) is 0 Å². The molecule has 228 valence electrons. The van der Waals surface area contributed by atoms with E-state index >= 15 is 0 Å². The lowest BCUT2D eigenvalue weighted by molar-refractivity contribution is -0.232. The number of hydrogen-bond donors (Lipinski definition) is 0. The van der Waals surface area contributed by atoms with E-state index in [1.807, 2.05) is 18.2 Å². The summed E-state index contributed by atoms with van der Waals surface area (Å²) in [4.78, 5) is 28.4. The number of methoxy groups -OCH3 is 1. The molecule has 5 saturated carbocycles. The highest BCUT2D eigenvalue weighted by atomic mass is 16.5. The second kappa shape index (κ2) is 9.91. The summed E-state index contributed by atoms with van der Waals surface area (Å²) in [6.07, 6.45) is 14.0. The molecule has 5 aliphatic carbocycles. The highest BCUT2D eigenvalue weighted by Gasteiger charge is 2.71. The molecular weight excluding hydrogens is 518 g/mol. The van der Waals surface area contributed by atoms with Crippen LogP contribution in [0.5, 0.6) is 0 Å². The number of rotatable bonds is 4. The molecule has 5 fully saturated rings. The first-order valence-electron chi connectivity index (χ1n) is 16.7. The lowest BCUT2D eigenvalue weighted by atomic mass is 9.32. The Balaban J connectivity index is 1.32. The standard InChI is InChI=1S/C38H53NO3/c1-24(2)27-15-20-38(39-23-40)22-21-36(6)29(32(27)38)13-14-31-35(5)18-16-28(25-9-11-26(12-10-25)33(41)42-8)34(3,4)30(35)17-19-37(31,36)7/h9-12,27-32H,1,13-22H2,2-8H3/t27-,28?,29+,30-,31+,32+,35-,36+,37+,38-/m0/s1. The van der Waals surface area contributed by atoms with Gasteiger partial charge < -0.3 is 4.74 Å². The van der Waals surface area contributed by atoms with Crippen LogP contribution in [0.1, 0.15) is 128 Å². The highest BCUT2D eigenvalue weighted by Crippen LogP contribution is 2.77. The van der Waals surface area contributed by atoms with Crippen molar-refractivity contribution in [3.63, 3.8) is 0 Å². The summed E-state index contributed by atoms with van der Waals surface area (Å²) >= 11 is 0. The Morgan fingerprint density at radius 3 is 2.24 bits per heavy atom. The van der Waals surface area contributed by atoms with Gasteiger partial charge in [0, 0.05) is 0 Å². The minimum absolute atomic E-state index is 0.176. The summed E-state index contributed by atoms with van der Waals surface area (Å²) in [5.74, 6) is 3.09. The van der Waals surface area contributed by atoms with Crippen LogP contribution in [0.4, 0.5) is 0 Å². The maximum atomic E-state index is 12.1. The highest BCUT2D eigenvalue weighted by molar-refractivity contribution is 5.89. The quantitative estimate of drug-likeness (QED) is 0.157. The van der Waals surface area contributed by atoms with Crippen molar-refractivity contribution in [2.75, 3.05) is 7.11 Å². The Morgan fingerprint density at radius 2 is 1.60 bits per heavy atom. The number of ether oxygens (including phenoxy) is 1. The summed E-state index contributed by atoms with van der Waals surface area (Å²) in [5, 5.41) is 0. The van der Waals surface area contributed by atoms with Crippen LogP contribution < -0.4 is 0 Å². The second-order valence-corrected chi connectivity index (χ2v) is 16.5. The van der Waals surface area contributed by atoms with Gasteiger partial charge in [-0.1, -0.05) is 58.9 Å². The van der Waals surface area contributed by atoms with Crippen molar-refractivity contribution >= 4 is 12.0 Å². The third-order valence-corrected chi connectivity index (χ3v) is 15.1. The first-order valence-corrected chi connectivity index (χ1v) is 16.7. The third-order valence-electron chi connectivity index (χ3n) is 15.1. The smallest absolute Gasteiger partial charge is 0.337 e. The van der Waals surface area contributed by atoms with Gasteiger partial charge in [-0.2, -0.15) is 4.99 Å². The van der Waals surface area contributed by atoms with Gasteiger partial charge in [0.15, 0.2) is 0 Å². The van der Waals surface area contributed by atoms with Gasteiger partial charge >= 0.3 is 5.97 Å². The minimum Gasteiger partial charge on any atom is -0.465 e. The van der Waals surface area contributed by atoms with Crippen molar-refractivity contribution in [2.24, 2.45) is 56.2 Å². The number of aliphatic imine (C=N–C) groups is 1. The third kappa shape index (κ3) is 3.89. The molecular formula is C38H53NO3. The fourth-order valence-corrected chi connectivity index (χ4v) is 13.0. The molecule has 5 aliphatic rings. The summed E-state index contributed by atoms with van der Waals surface area (Å²) in [5.41, 5.74) is 4.08. The van der Waals surface area contributed by atoms with Crippen molar-refractivity contribution < 1.29 is 14.3 Å². The molecule has 0 bridgehead atoms. The zero-order valence-electron chi connectivity index (χ0n) is 27.2. The Kier molecular flexibility index (Phi) is 7.05. The SMILES string of the molecule is C=C(C)[C@@H]1CC[C@]2(N=C=O)CC[C@]3(C)[C@H](CC[C@@H]4[C@@]5(C)CCC(c6ccc(C(=O)OC)cc6)C(C)(C)[C@@H]5CC[C@]43C)[C@@H]12. The average Bonchev–Trinajstić information content (AvgIpc) is 3.33. The van der Waals surface area contributed by atoms with E-state index < -0.39 is 0 Å². The number of allylic oxidation sites excluding steroid dienone is 1. The minimum atomic E-state index is -0.266. The lowest BCUT2D eigenvalue weighted by Crippen LogP contribution is -2.66. The van der Waals surface area contributed by atoms with Gasteiger partial charge in [0.2, 0.25) is 6.08 Å². The maximum Gasteiger partial charge on any atom is 0.337 e. The van der Waals surface area contributed by atoms with E-state index in [0.29, 0.717) is 46.5 Å². The molecule has 0 aliphatic heterocycles. The second-order valence-electron chi connectivity index (χ2n) is 16.5. The molecule has 0 N–H and O–H groups in total. The van der Waals surface area contributed by atoms with Gasteiger partial charge in [-0.25, -0.2) is 9.59 Å². The van der Waals surface area contributed by atoms with E-state index in [2.05, 4.69) is 65.2 Å². The fourth-order valence-electron chi connectivity index (χ4n) is 13.0. The predicted octanol–water partition coefficient (Wildman–Crippen LogP) is 9.30. The van der Waals surface area contributed by atoms with Crippen LogP contribution in [-0.2, 0) is 9.53 Å². The van der Waals surface area contributed by atoms with Crippen LogP contribution in [0, 0.1) is 51.2 Å². The Labute approximate surface area is 254 Å². The van der Waals surface area contributed by atoms with E-state index in [4.69, 9.17) is 4.74 Å². The van der Waals surface area contributed by atoms with Gasteiger partial charge in [0.05, 0.1) is 18.2 Å². The van der Waals surface area contributed by atoms with Crippen molar-refractivity contribution in [3.8, 4) is 0 Å². The van der Waals surface area contributed by atoms with Crippen molar-refractivity contribution in [1.82, 2.24) is 0 Å². The summed E-state index contributed by atoms with van der Waals surface area (Å²) < 4.78 is 4.94. The molecule has 10 atom stereocenters. The zero-order valence-corrected chi connectivity index (χ0v) is 27.2. The maximum absolute atomic E-state index is 12.1. The largest absolute Gasteiger partial charge is 0.465 e. The topological polar surface area (TPSA) is 55.7 Å². The molecule has 1 aromatic rings. The normalized spacial score (nSPS) is 45.3. The summed E-state index contributed by atoms with van der Waals surface area (Å²) in [6.45, 7) is 19.7. The first kappa shape index (κ1) is 29.9. The van der Waals surface area contributed by atoms with Crippen molar-refractivity contribution in [1.29, 1.82) is 0 Å². The van der Waals surface area contributed by atoms with E-state index in [1.54, 1.807) is 0 Å². The molecule has 0 spiro atoms. The molecule has 4 nitrogen and oxygen atoms in total. The number of esters is 1. The summed E-state index contributed by atoms with van der Waals surface area (Å²) in [6, 6.07) is 8.25. The molecule has 0 saturated heterocycles. The predicted molar refractivity (Wildman–Crippen MR) is 168 cm³/mol. The molecule has 4 heteroatoms. The zero-order chi connectivity index (χ0) is 30.3. The number of carbonyl (C=O) groups is 1. The van der Waals surface area contributed by atoms with Crippen LogP contribution in [0.2, 0.25) is 0 Å². The van der Waals surface area contributed by atoms with Gasteiger partial charge in [-0.15, -0.1) is 0 Å². The molecule has 0 heterocycles. The van der Waals surface area contributed by atoms with Crippen LogP contribution in [0.15, 0.2) is 41.4 Å². The van der Waals surface area contributed by atoms with Gasteiger partial charge in [0.25, 0.3) is 0 Å². The molecule has 0 amide bonds. The van der Waals surface area contributed by atoms with Crippen LogP contribution >= 0.6 is 0 Å². The number of carbonyl (C=O) groups excluding carboxylic acids is 2. The molecule has 42 heavy (non-hydrogen) atoms. The first-order chi connectivity index (χ1) is 19.8. The number of nitrogens with zero attached hydrogens (tertiary/aromatic N) is 1. The Hall–Kier alpha value is -2.19. The van der Waals surface area contributed by atoms with E-state index in [9.17, 15) is 9.59 Å². The van der Waals surface area contributed by atoms with Crippen LogP contribution in [0.3, 0.4) is 0 Å². The van der Waals surface area contributed by atoms with Gasteiger partial charge in [-0.3, -0.25) is 0 Å². The molecule has 6 rings (SSSR count). The molecule has 1 unspecified atom stereocenters. The van der Waals surface area contributed by atoms with Crippen molar-refractivity contribution in [2.45, 2.75) is 117 Å². The van der Waals surface area contributed by atoms with E-state index in [1.165, 1.54) is 63.2 Å². The van der Waals surface area contributed by atoms with Gasteiger partial charge in [-0.05, 0) is 146 Å².